The van der Waals surface area contributed by atoms with Crippen LogP contribution >= 0.6 is 11.6 Å². The molecule has 0 bridgehead atoms. The van der Waals surface area contributed by atoms with E-state index in [0.717, 1.165) is 25.0 Å². The third kappa shape index (κ3) is 2.31. The first kappa shape index (κ1) is 11.6. The third-order valence-electron chi connectivity index (χ3n) is 2.94. The standard InChI is InChI=1S/C11H18ClNO/c1-2-11(9-14,6-4-7-12)10-5-3-8-13-10/h3,5,8,13-14H,2,4,6-7,9H2,1H3. The number of aromatic nitrogens is 1. The predicted octanol–water partition coefficient (Wildman–Crippen LogP) is 2.67. The smallest absolute Gasteiger partial charge is 0.0542 e. The lowest BCUT2D eigenvalue weighted by atomic mass is 9.78. The van der Waals surface area contributed by atoms with Crippen molar-refractivity contribution in [1.29, 1.82) is 0 Å². The van der Waals surface area contributed by atoms with Crippen molar-refractivity contribution >= 4 is 11.6 Å². The number of nitrogens with one attached hydrogen (secondary N) is 1. The van der Waals surface area contributed by atoms with Crippen LogP contribution in [0.1, 0.15) is 31.9 Å². The number of H-pyrrole nitrogens is 1. The molecule has 0 aliphatic rings. The zero-order valence-corrected chi connectivity index (χ0v) is 9.35. The number of aromatic amines is 1. The van der Waals surface area contributed by atoms with Crippen molar-refractivity contribution < 1.29 is 5.11 Å². The van der Waals surface area contributed by atoms with Crippen LogP contribution in [0.2, 0.25) is 0 Å². The SMILES string of the molecule is CCC(CO)(CCCCl)c1ccc[nH]1. The van der Waals surface area contributed by atoms with Crippen LogP contribution in [0.3, 0.4) is 0 Å². The number of hydrogen-bond acceptors (Lipinski definition) is 1. The zero-order valence-electron chi connectivity index (χ0n) is 8.59. The van der Waals surface area contributed by atoms with E-state index in [1.165, 1.54) is 0 Å². The molecule has 0 aromatic carbocycles. The van der Waals surface area contributed by atoms with Crippen LogP contribution in [0.4, 0.5) is 0 Å². The number of hydrogen-bond donors (Lipinski definition) is 2. The second-order valence-electron chi connectivity index (χ2n) is 3.67. The summed E-state index contributed by atoms with van der Waals surface area (Å²) in [7, 11) is 0. The first-order chi connectivity index (χ1) is 6.79. The maximum Gasteiger partial charge on any atom is 0.0542 e. The molecule has 3 heteroatoms. The van der Waals surface area contributed by atoms with Gasteiger partial charge in [0.1, 0.15) is 0 Å². The molecule has 2 nitrogen and oxygen atoms in total. The lowest BCUT2D eigenvalue weighted by molar-refractivity contribution is 0.174. The molecule has 1 rings (SSSR count). The van der Waals surface area contributed by atoms with E-state index < -0.39 is 0 Å². The summed E-state index contributed by atoms with van der Waals surface area (Å²) in [6.45, 7) is 2.28. The minimum absolute atomic E-state index is 0.127. The summed E-state index contributed by atoms with van der Waals surface area (Å²) < 4.78 is 0. The Kier molecular flexibility index (Phi) is 4.49. The highest BCUT2D eigenvalue weighted by atomic mass is 35.5. The van der Waals surface area contributed by atoms with Crippen molar-refractivity contribution in [1.82, 2.24) is 4.98 Å². The summed E-state index contributed by atoms with van der Waals surface area (Å²) in [5, 5.41) is 9.51. The molecule has 0 aliphatic heterocycles. The Bertz CT molecular complexity index is 242. The number of halogens is 1. The van der Waals surface area contributed by atoms with Gasteiger partial charge in [0.2, 0.25) is 0 Å². The van der Waals surface area contributed by atoms with Gasteiger partial charge in [-0.3, -0.25) is 0 Å². The van der Waals surface area contributed by atoms with Crippen molar-refractivity contribution in [2.24, 2.45) is 0 Å². The van der Waals surface area contributed by atoms with Gasteiger partial charge in [0.25, 0.3) is 0 Å². The lowest BCUT2D eigenvalue weighted by Crippen LogP contribution is -2.30. The van der Waals surface area contributed by atoms with Gasteiger partial charge in [-0.05, 0) is 31.4 Å². The van der Waals surface area contributed by atoms with E-state index >= 15 is 0 Å². The van der Waals surface area contributed by atoms with Crippen LogP contribution in [0.5, 0.6) is 0 Å². The van der Waals surface area contributed by atoms with Gasteiger partial charge in [0, 0.05) is 23.2 Å². The number of rotatable bonds is 6. The van der Waals surface area contributed by atoms with E-state index in [2.05, 4.69) is 11.9 Å². The zero-order chi connectivity index (χ0) is 10.4. The highest BCUT2D eigenvalue weighted by molar-refractivity contribution is 6.17. The molecule has 80 valence electrons. The fourth-order valence-corrected chi connectivity index (χ4v) is 1.98. The Morgan fingerprint density at radius 1 is 1.57 bits per heavy atom. The molecular weight excluding hydrogens is 198 g/mol. The quantitative estimate of drug-likeness (QED) is 0.704. The number of alkyl halides is 1. The Labute approximate surface area is 90.3 Å². The number of aliphatic hydroxyl groups excluding tert-OH is 1. The van der Waals surface area contributed by atoms with Crippen LogP contribution in [0.25, 0.3) is 0 Å². The van der Waals surface area contributed by atoms with Crippen molar-refractivity contribution in [2.45, 2.75) is 31.6 Å². The van der Waals surface area contributed by atoms with Crippen LogP contribution in [-0.2, 0) is 5.41 Å². The largest absolute Gasteiger partial charge is 0.395 e. The molecule has 1 aromatic rings. The van der Waals surface area contributed by atoms with Gasteiger partial charge in [0.05, 0.1) is 6.61 Å². The summed E-state index contributed by atoms with van der Waals surface area (Å²) in [5.74, 6) is 0.655. The third-order valence-corrected chi connectivity index (χ3v) is 3.20. The van der Waals surface area contributed by atoms with Gasteiger partial charge >= 0.3 is 0 Å². The lowest BCUT2D eigenvalue weighted by Gasteiger charge is -2.29. The highest BCUT2D eigenvalue weighted by Crippen LogP contribution is 2.31. The van der Waals surface area contributed by atoms with Crippen LogP contribution in [0, 0.1) is 0 Å². The first-order valence-electron chi connectivity index (χ1n) is 5.10. The Balaban J connectivity index is 2.80. The van der Waals surface area contributed by atoms with Crippen molar-refractivity contribution in [3.8, 4) is 0 Å². The minimum atomic E-state index is -0.127. The van der Waals surface area contributed by atoms with Crippen molar-refractivity contribution in [3.63, 3.8) is 0 Å². The molecule has 0 saturated heterocycles. The maximum atomic E-state index is 9.51. The molecule has 1 aromatic heterocycles. The summed E-state index contributed by atoms with van der Waals surface area (Å²) in [6.07, 6.45) is 4.70. The molecule has 14 heavy (non-hydrogen) atoms. The molecule has 1 unspecified atom stereocenters. The van der Waals surface area contributed by atoms with Gasteiger partial charge in [0.15, 0.2) is 0 Å². The second-order valence-corrected chi connectivity index (χ2v) is 4.05. The summed E-state index contributed by atoms with van der Waals surface area (Å²) >= 11 is 5.69. The molecule has 1 heterocycles. The average molecular weight is 216 g/mol. The molecule has 0 amide bonds. The molecular formula is C11H18ClNO. The molecule has 0 spiro atoms. The monoisotopic (exact) mass is 215 g/mol. The van der Waals surface area contributed by atoms with E-state index in [1.807, 2.05) is 18.3 Å². The average Bonchev–Trinajstić information content (AvgIpc) is 2.74. The number of aliphatic hydroxyl groups is 1. The molecule has 0 fully saturated rings. The Hall–Kier alpha value is -0.470. The molecule has 1 atom stereocenters. The van der Waals surface area contributed by atoms with Crippen LogP contribution in [-0.4, -0.2) is 22.6 Å². The van der Waals surface area contributed by atoms with Gasteiger partial charge in [-0.2, -0.15) is 0 Å². The molecule has 0 saturated carbocycles. The van der Waals surface area contributed by atoms with Crippen LogP contribution in [0.15, 0.2) is 18.3 Å². The van der Waals surface area contributed by atoms with E-state index in [1.54, 1.807) is 0 Å². The maximum absolute atomic E-state index is 9.51. The first-order valence-corrected chi connectivity index (χ1v) is 5.63. The topological polar surface area (TPSA) is 36.0 Å². The summed E-state index contributed by atoms with van der Waals surface area (Å²) in [6, 6.07) is 4.00. The van der Waals surface area contributed by atoms with Crippen molar-refractivity contribution in [2.75, 3.05) is 12.5 Å². The molecule has 0 radical (unpaired) electrons. The molecule has 0 aliphatic carbocycles. The van der Waals surface area contributed by atoms with E-state index in [4.69, 9.17) is 11.6 Å². The van der Waals surface area contributed by atoms with E-state index in [0.29, 0.717) is 5.88 Å². The van der Waals surface area contributed by atoms with Crippen molar-refractivity contribution in [3.05, 3.63) is 24.0 Å². The van der Waals surface area contributed by atoms with Gasteiger partial charge in [-0.1, -0.05) is 6.92 Å². The second kappa shape index (κ2) is 5.42. The van der Waals surface area contributed by atoms with E-state index in [9.17, 15) is 5.11 Å². The Morgan fingerprint density at radius 3 is 2.79 bits per heavy atom. The van der Waals surface area contributed by atoms with Gasteiger partial charge in [-0.25, -0.2) is 0 Å². The fraction of sp³-hybridized carbons (Fsp3) is 0.636. The highest BCUT2D eigenvalue weighted by Gasteiger charge is 2.29. The van der Waals surface area contributed by atoms with E-state index in [-0.39, 0.29) is 12.0 Å². The van der Waals surface area contributed by atoms with Gasteiger partial charge in [-0.15, -0.1) is 11.6 Å². The van der Waals surface area contributed by atoms with Gasteiger partial charge < -0.3 is 10.1 Å². The predicted molar refractivity (Wildman–Crippen MR) is 59.8 cm³/mol. The molecule has 2 N–H and O–H groups in total. The Morgan fingerprint density at radius 2 is 2.36 bits per heavy atom. The summed E-state index contributed by atoms with van der Waals surface area (Å²) in [5.41, 5.74) is 0.992. The minimum Gasteiger partial charge on any atom is -0.395 e. The normalized spacial score (nSPS) is 15.4. The fourth-order valence-electron chi connectivity index (χ4n) is 1.84. The van der Waals surface area contributed by atoms with Crippen LogP contribution < -0.4 is 0 Å². The summed E-state index contributed by atoms with van der Waals surface area (Å²) in [4.78, 5) is 3.19.